The van der Waals surface area contributed by atoms with Gasteiger partial charge in [-0.1, -0.05) is 0 Å². The average Bonchev–Trinajstić information content (AvgIpc) is 2.84. The molecule has 0 spiro atoms. The Morgan fingerprint density at radius 3 is 2.40 bits per heavy atom. The van der Waals surface area contributed by atoms with Gasteiger partial charge in [0, 0.05) is 21.1 Å². The van der Waals surface area contributed by atoms with Gasteiger partial charge in [-0.3, -0.25) is 4.79 Å². The number of carboxylic acids is 1. The number of rotatable bonds is 5. The SMILES string of the molecule is CN(C)C(=O)CN(C)C(=O)NCc1ccc(C(=O)O)o1. The van der Waals surface area contributed by atoms with Crippen LogP contribution in [0.25, 0.3) is 0 Å². The van der Waals surface area contributed by atoms with E-state index in [-0.39, 0.29) is 24.8 Å². The molecule has 0 aliphatic heterocycles. The Balaban J connectivity index is 2.45. The van der Waals surface area contributed by atoms with E-state index in [1.54, 1.807) is 14.1 Å². The molecule has 110 valence electrons. The van der Waals surface area contributed by atoms with E-state index in [0.29, 0.717) is 5.76 Å². The minimum Gasteiger partial charge on any atom is -0.475 e. The summed E-state index contributed by atoms with van der Waals surface area (Å²) in [5.74, 6) is -1.24. The van der Waals surface area contributed by atoms with Crippen molar-refractivity contribution in [2.24, 2.45) is 0 Å². The number of aromatic carboxylic acids is 1. The second kappa shape index (κ2) is 6.60. The molecule has 0 bridgehead atoms. The number of nitrogens with zero attached hydrogens (tertiary/aromatic N) is 2. The van der Waals surface area contributed by atoms with Crippen LogP contribution in [0.4, 0.5) is 4.79 Å². The van der Waals surface area contributed by atoms with Crippen molar-refractivity contribution in [1.82, 2.24) is 15.1 Å². The molecule has 8 nitrogen and oxygen atoms in total. The van der Waals surface area contributed by atoms with Crippen molar-refractivity contribution in [3.05, 3.63) is 23.7 Å². The molecular formula is C12H17N3O5. The molecule has 0 saturated carbocycles. The molecule has 1 aromatic rings. The molecule has 1 aromatic heterocycles. The van der Waals surface area contributed by atoms with Crippen LogP contribution in [0, 0.1) is 0 Å². The monoisotopic (exact) mass is 283 g/mol. The number of likely N-dealkylation sites (N-methyl/N-ethyl adjacent to an activating group) is 2. The molecule has 0 saturated heterocycles. The Hall–Kier alpha value is -2.51. The van der Waals surface area contributed by atoms with Gasteiger partial charge in [0.2, 0.25) is 11.7 Å². The molecule has 0 fully saturated rings. The fraction of sp³-hybridized carbons (Fsp3) is 0.417. The number of urea groups is 1. The molecule has 8 heteroatoms. The van der Waals surface area contributed by atoms with E-state index in [0.717, 1.165) is 0 Å². The lowest BCUT2D eigenvalue weighted by atomic mass is 10.4. The zero-order valence-corrected chi connectivity index (χ0v) is 11.5. The highest BCUT2D eigenvalue weighted by atomic mass is 16.4. The van der Waals surface area contributed by atoms with Gasteiger partial charge < -0.3 is 24.6 Å². The van der Waals surface area contributed by atoms with Crippen LogP contribution in [-0.4, -0.2) is 60.5 Å². The number of carbonyl (C=O) groups is 3. The van der Waals surface area contributed by atoms with Crippen LogP contribution in [0.15, 0.2) is 16.5 Å². The van der Waals surface area contributed by atoms with Gasteiger partial charge in [-0.05, 0) is 12.1 Å². The van der Waals surface area contributed by atoms with Crippen LogP contribution in [-0.2, 0) is 11.3 Å². The Kier molecular flexibility index (Phi) is 5.13. The van der Waals surface area contributed by atoms with Crippen LogP contribution in [0.5, 0.6) is 0 Å². The zero-order valence-electron chi connectivity index (χ0n) is 11.5. The van der Waals surface area contributed by atoms with E-state index in [1.165, 1.54) is 29.0 Å². The second-order valence-corrected chi connectivity index (χ2v) is 4.37. The van der Waals surface area contributed by atoms with Crippen LogP contribution < -0.4 is 5.32 Å². The summed E-state index contributed by atoms with van der Waals surface area (Å²) >= 11 is 0. The summed E-state index contributed by atoms with van der Waals surface area (Å²) < 4.78 is 4.99. The summed E-state index contributed by atoms with van der Waals surface area (Å²) in [7, 11) is 4.69. The number of hydrogen-bond acceptors (Lipinski definition) is 4. The first kappa shape index (κ1) is 15.5. The fourth-order valence-corrected chi connectivity index (χ4v) is 1.30. The zero-order chi connectivity index (χ0) is 15.3. The van der Waals surface area contributed by atoms with Crippen molar-refractivity contribution in [2.75, 3.05) is 27.7 Å². The van der Waals surface area contributed by atoms with Crippen molar-refractivity contribution in [1.29, 1.82) is 0 Å². The number of carboxylic acid groups (broad SMARTS) is 1. The second-order valence-electron chi connectivity index (χ2n) is 4.37. The van der Waals surface area contributed by atoms with E-state index in [2.05, 4.69) is 5.32 Å². The molecule has 0 aromatic carbocycles. The molecule has 0 aliphatic carbocycles. The van der Waals surface area contributed by atoms with Crippen LogP contribution in [0.2, 0.25) is 0 Å². The van der Waals surface area contributed by atoms with E-state index < -0.39 is 12.0 Å². The van der Waals surface area contributed by atoms with Gasteiger partial charge in [-0.25, -0.2) is 9.59 Å². The lowest BCUT2D eigenvalue weighted by Gasteiger charge is -2.19. The fourth-order valence-electron chi connectivity index (χ4n) is 1.30. The van der Waals surface area contributed by atoms with Crippen LogP contribution in [0.3, 0.4) is 0 Å². The third-order valence-electron chi connectivity index (χ3n) is 2.50. The number of furan rings is 1. The smallest absolute Gasteiger partial charge is 0.371 e. The summed E-state index contributed by atoms with van der Waals surface area (Å²) in [6, 6.07) is 2.33. The molecule has 0 unspecified atom stereocenters. The normalized spacial score (nSPS) is 9.95. The van der Waals surface area contributed by atoms with Crippen molar-refractivity contribution >= 4 is 17.9 Å². The Morgan fingerprint density at radius 1 is 1.25 bits per heavy atom. The molecule has 0 atom stereocenters. The Bertz CT molecular complexity index is 509. The predicted octanol–water partition coefficient (Wildman–Crippen LogP) is 0.207. The summed E-state index contributed by atoms with van der Waals surface area (Å²) in [5.41, 5.74) is 0. The molecule has 2 N–H and O–H groups in total. The number of hydrogen-bond donors (Lipinski definition) is 2. The molecule has 1 rings (SSSR count). The van der Waals surface area contributed by atoms with Gasteiger partial charge in [0.25, 0.3) is 0 Å². The maximum Gasteiger partial charge on any atom is 0.371 e. The first-order valence-electron chi connectivity index (χ1n) is 5.82. The van der Waals surface area contributed by atoms with Gasteiger partial charge in [0.15, 0.2) is 0 Å². The summed E-state index contributed by atoms with van der Waals surface area (Å²) in [6.07, 6.45) is 0. The predicted molar refractivity (Wildman–Crippen MR) is 69.2 cm³/mol. The summed E-state index contributed by atoms with van der Waals surface area (Å²) in [4.78, 5) is 36.4. The summed E-state index contributed by atoms with van der Waals surface area (Å²) in [6.45, 7) is 0.00394. The maximum atomic E-state index is 11.7. The first-order chi connectivity index (χ1) is 9.31. The molecule has 1 heterocycles. The Morgan fingerprint density at radius 2 is 1.90 bits per heavy atom. The van der Waals surface area contributed by atoms with Gasteiger partial charge in [0.05, 0.1) is 6.54 Å². The van der Waals surface area contributed by atoms with Crippen LogP contribution >= 0.6 is 0 Å². The minimum absolute atomic E-state index is 0.0443. The van der Waals surface area contributed by atoms with Crippen LogP contribution in [0.1, 0.15) is 16.3 Å². The topological polar surface area (TPSA) is 103 Å². The Labute approximate surface area is 115 Å². The highest BCUT2D eigenvalue weighted by molar-refractivity contribution is 5.84. The van der Waals surface area contributed by atoms with Gasteiger partial charge in [-0.15, -0.1) is 0 Å². The van der Waals surface area contributed by atoms with Crippen molar-refractivity contribution in [3.8, 4) is 0 Å². The average molecular weight is 283 g/mol. The standard InChI is InChI=1S/C12H17N3O5/c1-14(2)10(16)7-15(3)12(19)13-6-8-4-5-9(20-8)11(17)18/h4-5H,6-7H2,1-3H3,(H,13,19)(H,17,18). The summed E-state index contributed by atoms with van der Waals surface area (Å²) in [5, 5.41) is 11.2. The van der Waals surface area contributed by atoms with Gasteiger partial charge in [0.1, 0.15) is 12.3 Å². The lowest BCUT2D eigenvalue weighted by molar-refractivity contribution is -0.129. The molecular weight excluding hydrogens is 266 g/mol. The van der Waals surface area contributed by atoms with E-state index in [1.807, 2.05) is 0 Å². The number of carbonyl (C=O) groups excluding carboxylic acids is 2. The molecule has 3 amide bonds. The number of amides is 3. The van der Waals surface area contributed by atoms with E-state index in [4.69, 9.17) is 9.52 Å². The molecule has 0 aliphatic rings. The highest BCUT2D eigenvalue weighted by Gasteiger charge is 2.15. The van der Waals surface area contributed by atoms with Gasteiger partial charge >= 0.3 is 12.0 Å². The van der Waals surface area contributed by atoms with Gasteiger partial charge in [-0.2, -0.15) is 0 Å². The first-order valence-corrected chi connectivity index (χ1v) is 5.82. The molecule has 0 radical (unpaired) electrons. The maximum absolute atomic E-state index is 11.7. The third kappa shape index (κ3) is 4.30. The minimum atomic E-state index is -1.17. The third-order valence-corrected chi connectivity index (χ3v) is 2.50. The van der Waals surface area contributed by atoms with E-state index in [9.17, 15) is 14.4 Å². The largest absolute Gasteiger partial charge is 0.475 e. The van der Waals surface area contributed by atoms with Crippen molar-refractivity contribution in [3.63, 3.8) is 0 Å². The lowest BCUT2D eigenvalue weighted by Crippen LogP contribution is -2.42. The van der Waals surface area contributed by atoms with Crippen molar-refractivity contribution < 1.29 is 23.9 Å². The highest BCUT2D eigenvalue weighted by Crippen LogP contribution is 2.07. The number of nitrogens with one attached hydrogen (secondary N) is 1. The quantitative estimate of drug-likeness (QED) is 0.804. The van der Waals surface area contributed by atoms with E-state index >= 15 is 0 Å². The van der Waals surface area contributed by atoms with Crippen molar-refractivity contribution in [2.45, 2.75) is 6.54 Å². The molecule has 20 heavy (non-hydrogen) atoms.